The van der Waals surface area contributed by atoms with Gasteiger partial charge in [0.15, 0.2) is 0 Å². The summed E-state index contributed by atoms with van der Waals surface area (Å²) in [5, 5.41) is 4.88. The number of halogens is 1. The minimum Gasteiger partial charge on any atom is -0.199 e. The molecule has 0 unspecified atom stereocenters. The third-order valence-corrected chi connectivity index (χ3v) is 5.99. The molecule has 1 heterocycles. The molecule has 22 heavy (non-hydrogen) atoms. The molecule has 0 aliphatic heterocycles. The highest BCUT2D eigenvalue weighted by molar-refractivity contribution is 9.10. The first-order valence-electron chi connectivity index (χ1n) is 6.77. The van der Waals surface area contributed by atoms with Crippen molar-refractivity contribution >= 4 is 36.9 Å². The number of rotatable bonds is 2. The first kappa shape index (κ1) is 15.2. The predicted molar refractivity (Wildman–Crippen MR) is 90.7 cm³/mol. The largest absolute Gasteiger partial charge is 0.284 e. The minimum atomic E-state index is -3.73. The van der Waals surface area contributed by atoms with E-state index in [0.717, 1.165) is 30.6 Å². The fourth-order valence-corrected chi connectivity index (χ4v) is 4.86. The van der Waals surface area contributed by atoms with Crippen LogP contribution in [0.5, 0.6) is 0 Å². The van der Waals surface area contributed by atoms with Crippen LogP contribution >= 0.6 is 15.9 Å². The van der Waals surface area contributed by atoms with Crippen LogP contribution in [0.1, 0.15) is 16.7 Å². The highest BCUT2D eigenvalue weighted by atomic mass is 79.9. The Kier molecular flexibility index (Phi) is 3.61. The molecule has 1 aromatic heterocycles. The van der Waals surface area contributed by atoms with Crippen molar-refractivity contribution in [2.75, 3.05) is 0 Å². The molecule has 3 aromatic rings. The first-order valence-corrected chi connectivity index (χ1v) is 9.01. The Morgan fingerprint density at radius 1 is 1.05 bits per heavy atom. The molecule has 0 N–H and O–H groups in total. The second kappa shape index (κ2) is 5.21. The summed E-state index contributed by atoms with van der Waals surface area (Å²) in [6, 6.07) is 9.22. The van der Waals surface area contributed by atoms with Gasteiger partial charge in [-0.05, 0) is 44.0 Å². The van der Waals surface area contributed by atoms with Gasteiger partial charge in [0.05, 0.1) is 16.6 Å². The van der Waals surface area contributed by atoms with Gasteiger partial charge < -0.3 is 0 Å². The van der Waals surface area contributed by atoms with Gasteiger partial charge in [0, 0.05) is 9.86 Å². The summed E-state index contributed by atoms with van der Waals surface area (Å²) in [5.74, 6) is 0. The fraction of sp³-hybridized carbons (Fsp3) is 0.188. The van der Waals surface area contributed by atoms with Crippen molar-refractivity contribution in [1.82, 2.24) is 9.19 Å². The minimum absolute atomic E-state index is 0.322. The molecular weight excluding hydrogens is 364 g/mol. The van der Waals surface area contributed by atoms with Crippen LogP contribution in [-0.4, -0.2) is 17.6 Å². The normalized spacial score (nSPS) is 12.0. The number of aryl methyl sites for hydroxylation is 3. The molecule has 3 rings (SSSR count). The molecule has 0 radical (unpaired) electrons. The van der Waals surface area contributed by atoms with Gasteiger partial charge in [-0.3, -0.25) is 0 Å². The second-order valence-corrected chi connectivity index (χ2v) is 8.04. The molecule has 4 nitrogen and oxygen atoms in total. The Morgan fingerprint density at radius 3 is 2.32 bits per heavy atom. The summed E-state index contributed by atoms with van der Waals surface area (Å²) in [6.07, 6.45) is 1.57. The van der Waals surface area contributed by atoms with E-state index >= 15 is 0 Å². The predicted octanol–water partition coefficient (Wildman–Crippen LogP) is 3.96. The maximum atomic E-state index is 13.1. The zero-order chi connectivity index (χ0) is 16.1. The number of fused-ring (bicyclic) bond motifs is 1. The highest BCUT2D eigenvalue weighted by Gasteiger charge is 2.24. The summed E-state index contributed by atoms with van der Waals surface area (Å²) in [7, 11) is -3.73. The Balaban J connectivity index is 2.32. The monoisotopic (exact) mass is 378 g/mol. The molecule has 0 saturated heterocycles. The number of aromatic nitrogens is 2. The summed E-state index contributed by atoms with van der Waals surface area (Å²) in [4.78, 5) is 0.322. The first-order chi connectivity index (χ1) is 10.3. The van der Waals surface area contributed by atoms with Crippen LogP contribution in [-0.2, 0) is 10.0 Å². The standard InChI is InChI=1S/C16H15BrN2O2S/c1-10-6-11(2)16(12(3)7-10)22(20,21)19-15-8-14(17)5-4-13(15)9-18-19/h4-9H,1-3H3. The van der Waals surface area contributed by atoms with Gasteiger partial charge >= 0.3 is 0 Å². The second-order valence-electron chi connectivity index (χ2n) is 5.42. The summed E-state index contributed by atoms with van der Waals surface area (Å²) >= 11 is 3.38. The van der Waals surface area contributed by atoms with E-state index in [1.54, 1.807) is 12.3 Å². The topological polar surface area (TPSA) is 52.0 Å². The van der Waals surface area contributed by atoms with Crippen LogP contribution < -0.4 is 0 Å². The molecular formula is C16H15BrN2O2S. The Hall–Kier alpha value is -1.66. The van der Waals surface area contributed by atoms with Crippen LogP contribution in [0.3, 0.4) is 0 Å². The van der Waals surface area contributed by atoms with Crippen LogP contribution in [0.25, 0.3) is 10.9 Å². The van der Waals surface area contributed by atoms with Gasteiger partial charge in [-0.25, -0.2) is 0 Å². The SMILES string of the molecule is Cc1cc(C)c(S(=O)(=O)n2ncc3ccc(Br)cc32)c(C)c1. The Labute approximate surface area is 138 Å². The van der Waals surface area contributed by atoms with Crippen molar-refractivity contribution in [3.8, 4) is 0 Å². The lowest BCUT2D eigenvalue weighted by molar-refractivity contribution is 0.581. The highest BCUT2D eigenvalue weighted by Crippen LogP contribution is 2.27. The van der Waals surface area contributed by atoms with Gasteiger partial charge in [0.2, 0.25) is 0 Å². The third-order valence-electron chi connectivity index (χ3n) is 3.59. The molecule has 0 aliphatic carbocycles. The molecule has 0 saturated carbocycles. The van der Waals surface area contributed by atoms with E-state index in [1.165, 1.54) is 0 Å². The molecule has 6 heteroatoms. The molecule has 0 spiro atoms. The van der Waals surface area contributed by atoms with Crippen molar-refractivity contribution in [2.45, 2.75) is 25.7 Å². The van der Waals surface area contributed by atoms with Gasteiger partial charge in [-0.1, -0.05) is 39.7 Å². The van der Waals surface area contributed by atoms with Crippen LogP contribution in [0.2, 0.25) is 0 Å². The lowest BCUT2D eigenvalue weighted by Crippen LogP contribution is -2.17. The molecule has 0 aliphatic rings. The van der Waals surface area contributed by atoms with Crippen LogP contribution in [0.4, 0.5) is 0 Å². The zero-order valence-electron chi connectivity index (χ0n) is 12.5. The third kappa shape index (κ3) is 2.36. The lowest BCUT2D eigenvalue weighted by Gasteiger charge is -2.13. The van der Waals surface area contributed by atoms with Gasteiger partial charge in [0.1, 0.15) is 0 Å². The Morgan fingerprint density at radius 2 is 1.68 bits per heavy atom. The van der Waals surface area contributed by atoms with Crippen molar-refractivity contribution in [2.24, 2.45) is 0 Å². The van der Waals surface area contributed by atoms with Gasteiger partial charge in [0.25, 0.3) is 10.0 Å². The summed E-state index contributed by atoms with van der Waals surface area (Å²) < 4.78 is 28.0. The number of hydrogen-bond acceptors (Lipinski definition) is 3. The number of hydrogen-bond donors (Lipinski definition) is 0. The van der Waals surface area contributed by atoms with Gasteiger partial charge in [-0.15, -0.1) is 0 Å². The summed E-state index contributed by atoms with van der Waals surface area (Å²) in [5.41, 5.74) is 3.07. The van der Waals surface area contributed by atoms with Crippen LogP contribution in [0.15, 0.2) is 45.9 Å². The lowest BCUT2D eigenvalue weighted by atomic mass is 10.1. The van der Waals surface area contributed by atoms with Crippen molar-refractivity contribution in [1.29, 1.82) is 0 Å². The van der Waals surface area contributed by atoms with Crippen molar-refractivity contribution in [3.05, 3.63) is 57.7 Å². The molecule has 0 amide bonds. The fourth-order valence-electron chi connectivity index (χ4n) is 2.82. The van der Waals surface area contributed by atoms with E-state index in [4.69, 9.17) is 0 Å². The Bertz CT molecular complexity index is 968. The van der Waals surface area contributed by atoms with Crippen LogP contribution in [0, 0.1) is 20.8 Å². The van der Waals surface area contributed by atoms with E-state index < -0.39 is 10.0 Å². The average molecular weight is 379 g/mol. The maximum Gasteiger partial charge on any atom is 0.284 e. The number of nitrogens with zero attached hydrogens (tertiary/aromatic N) is 2. The summed E-state index contributed by atoms with van der Waals surface area (Å²) in [6.45, 7) is 5.58. The van der Waals surface area contributed by atoms with Gasteiger partial charge in [-0.2, -0.15) is 17.6 Å². The van der Waals surface area contributed by atoms with Crippen molar-refractivity contribution < 1.29 is 8.42 Å². The zero-order valence-corrected chi connectivity index (χ0v) is 14.9. The van der Waals surface area contributed by atoms with E-state index in [2.05, 4.69) is 21.0 Å². The quantitative estimate of drug-likeness (QED) is 0.677. The van der Waals surface area contributed by atoms with E-state index in [0.29, 0.717) is 10.4 Å². The molecule has 114 valence electrons. The van der Waals surface area contributed by atoms with E-state index in [9.17, 15) is 8.42 Å². The maximum absolute atomic E-state index is 13.1. The molecule has 0 bridgehead atoms. The average Bonchev–Trinajstić information content (AvgIpc) is 2.80. The smallest absolute Gasteiger partial charge is 0.199 e. The molecule has 0 atom stereocenters. The molecule has 0 fully saturated rings. The van der Waals surface area contributed by atoms with Crippen molar-refractivity contribution in [3.63, 3.8) is 0 Å². The van der Waals surface area contributed by atoms with E-state index in [-0.39, 0.29) is 0 Å². The van der Waals surface area contributed by atoms with E-state index in [1.807, 2.05) is 45.0 Å². The molecule has 2 aromatic carbocycles. The number of benzene rings is 2.